The number of carbonyl (C=O) groups is 2. The molecule has 0 bridgehead atoms. The van der Waals surface area contributed by atoms with Gasteiger partial charge in [0.2, 0.25) is 11.5 Å². The molecule has 0 atom stereocenters. The first kappa shape index (κ1) is 28.0. The summed E-state index contributed by atoms with van der Waals surface area (Å²) in [5.74, 6) is -0.961. The molecule has 2 fully saturated rings. The zero-order valence-corrected chi connectivity index (χ0v) is 23.1. The lowest BCUT2D eigenvalue weighted by atomic mass is 10.0. The number of halogens is 3. The summed E-state index contributed by atoms with van der Waals surface area (Å²) < 4.78 is 52.9. The van der Waals surface area contributed by atoms with E-state index in [1.807, 2.05) is 23.1 Å². The highest BCUT2D eigenvalue weighted by Gasteiger charge is 2.42. The fourth-order valence-electron chi connectivity index (χ4n) is 5.85. The van der Waals surface area contributed by atoms with Gasteiger partial charge in [0.25, 0.3) is 0 Å². The molecule has 2 aromatic heterocycles. The van der Waals surface area contributed by atoms with Gasteiger partial charge in [-0.3, -0.25) is 9.69 Å². The number of amides is 1. The van der Waals surface area contributed by atoms with Crippen LogP contribution in [-0.2, 0) is 23.8 Å². The number of alkyl halides is 3. The van der Waals surface area contributed by atoms with Crippen molar-refractivity contribution in [1.29, 1.82) is 0 Å². The molecule has 1 saturated heterocycles. The number of fused-ring (bicyclic) bond motifs is 1. The van der Waals surface area contributed by atoms with E-state index in [-0.39, 0.29) is 24.6 Å². The van der Waals surface area contributed by atoms with Gasteiger partial charge in [0.05, 0.1) is 0 Å². The Kier molecular flexibility index (Phi) is 7.78. The predicted octanol–water partition coefficient (Wildman–Crippen LogP) is 5.80. The van der Waals surface area contributed by atoms with Gasteiger partial charge in [-0.15, -0.1) is 0 Å². The van der Waals surface area contributed by atoms with Gasteiger partial charge >= 0.3 is 18.3 Å². The SMILES string of the molecule is O=C(Cc1ccc(N2CCN(C(=O)OC3CCCC3)CC2)nc1)c1oc(N2CCCc3ccccc32)nc1C(F)(F)F. The monoisotopic (exact) mass is 583 g/mol. The minimum Gasteiger partial charge on any atom is -0.446 e. The highest BCUT2D eigenvalue weighted by atomic mass is 19.4. The molecule has 12 heteroatoms. The molecule has 222 valence electrons. The number of anilines is 3. The van der Waals surface area contributed by atoms with E-state index in [1.54, 1.807) is 28.0 Å². The number of Topliss-reactive ketones (excluding diaryl/α,β-unsaturated/α-hetero) is 1. The van der Waals surface area contributed by atoms with E-state index in [9.17, 15) is 22.8 Å². The van der Waals surface area contributed by atoms with Crippen LogP contribution in [0.1, 0.15) is 59.5 Å². The fourth-order valence-corrected chi connectivity index (χ4v) is 5.85. The summed E-state index contributed by atoms with van der Waals surface area (Å²) >= 11 is 0. The normalized spacial score (nSPS) is 17.8. The number of aryl methyl sites for hydroxylation is 1. The minimum absolute atomic E-state index is 0.0182. The van der Waals surface area contributed by atoms with Crippen LogP contribution in [0.2, 0.25) is 0 Å². The summed E-state index contributed by atoms with van der Waals surface area (Å²) in [7, 11) is 0. The zero-order valence-electron chi connectivity index (χ0n) is 23.1. The molecule has 0 N–H and O–H groups in total. The number of hydrogen-bond donors (Lipinski definition) is 0. The number of ketones is 1. The van der Waals surface area contributed by atoms with Crippen molar-refractivity contribution in [2.45, 2.75) is 57.2 Å². The van der Waals surface area contributed by atoms with Crippen LogP contribution in [0, 0.1) is 0 Å². The second-order valence-corrected chi connectivity index (χ2v) is 10.9. The highest BCUT2D eigenvalue weighted by Crippen LogP contribution is 2.38. The lowest BCUT2D eigenvalue weighted by Gasteiger charge is -2.35. The number of nitrogens with zero attached hydrogens (tertiary/aromatic N) is 5. The second kappa shape index (κ2) is 11.7. The molecule has 1 saturated carbocycles. The number of pyridine rings is 1. The third kappa shape index (κ3) is 5.93. The van der Waals surface area contributed by atoms with Crippen molar-refractivity contribution in [1.82, 2.24) is 14.9 Å². The van der Waals surface area contributed by atoms with Crippen molar-refractivity contribution in [3.8, 4) is 0 Å². The van der Waals surface area contributed by atoms with Crippen LogP contribution in [0.15, 0.2) is 47.0 Å². The Morgan fingerprint density at radius 2 is 1.74 bits per heavy atom. The molecular formula is C30H32F3N5O4. The average molecular weight is 584 g/mol. The molecule has 0 unspecified atom stereocenters. The van der Waals surface area contributed by atoms with Gasteiger partial charge in [0.15, 0.2) is 5.69 Å². The Morgan fingerprint density at radius 3 is 2.45 bits per heavy atom. The lowest BCUT2D eigenvalue weighted by molar-refractivity contribution is -0.141. The van der Waals surface area contributed by atoms with E-state index in [2.05, 4.69) is 9.97 Å². The minimum atomic E-state index is -4.85. The molecule has 6 rings (SSSR count). The van der Waals surface area contributed by atoms with Crippen molar-refractivity contribution in [3.63, 3.8) is 0 Å². The molecule has 42 heavy (non-hydrogen) atoms. The van der Waals surface area contributed by atoms with Gasteiger partial charge in [-0.1, -0.05) is 24.3 Å². The van der Waals surface area contributed by atoms with Crippen LogP contribution in [-0.4, -0.2) is 65.6 Å². The third-order valence-electron chi connectivity index (χ3n) is 8.08. The van der Waals surface area contributed by atoms with Crippen LogP contribution in [0.3, 0.4) is 0 Å². The van der Waals surface area contributed by atoms with Crippen molar-refractivity contribution >= 4 is 29.4 Å². The maximum atomic E-state index is 13.9. The largest absolute Gasteiger partial charge is 0.446 e. The first-order valence-corrected chi connectivity index (χ1v) is 14.4. The van der Waals surface area contributed by atoms with Crippen LogP contribution in [0.25, 0.3) is 0 Å². The number of benzene rings is 1. The molecule has 4 heterocycles. The van der Waals surface area contributed by atoms with E-state index >= 15 is 0 Å². The van der Waals surface area contributed by atoms with Crippen LogP contribution in [0.5, 0.6) is 0 Å². The van der Waals surface area contributed by atoms with Gasteiger partial charge in [0, 0.05) is 51.0 Å². The Morgan fingerprint density at radius 1 is 0.976 bits per heavy atom. The Balaban J connectivity index is 1.11. The summed E-state index contributed by atoms with van der Waals surface area (Å²) in [6.45, 7) is 2.58. The predicted molar refractivity (Wildman–Crippen MR) is 148 cm³/mol. The fraction of sp³-hybridized carbons (Fsp3) is 0.467. The molecule has 1 amide bonds. The van der Waals surface area contributed by atoms with E-state index in [0.717, 1.165) is 49.8 Å². The third-order valence-corrected chi connectivity index (χ3v) is 8.08. The number of oxazole rings is 1. The average Bonchev–Trinajstić information content (AvgIpc) is 3.68. The van der Waals surface area contributed by atoms with Crippen LogP contribution in [0.4, 0.5) is 35.5 Å². The smallest absolute Gasteiger partial charge is 0.437 e. The summed E-state index contributed by atoms with van der Waals surface area (Å²) in [6.07, 6.45) is 1.62. The molecule has 0 spiro atoms. The summed E-state index contributed by atoms with van der Waals surface area (Å²) in [4.78, 5) is 39.0. The number of aromatic nitrogens is 2. The van der Waals surface area contributed by atoms with Gasteiger partial charge in [-0.25, -0.2) is 9.78 Å². The Hall–Kier alpha value is -4.09. The molecule has 3 aromatic rings. The van der Waals surface area contributed by atoms with E-state index in [1.165, 1.54) is 6.20 Å². The number of piperazine rings is 1. The summed E-state index contributed by atoms with van der Waals surface area (Å²) in [5, 5.41) is 0. The van der Waals surface area contributed by atoms with Crippen molar-refractivity contribution < 1.29 is 31.9 Å². The topological polar surface area (TPSA) is 92.0 Å². The molecule has 3 aliphatic rings. The maximum absolute atomic E-state index is 13.9. The molecule has 1 aromatic carbocycles. The lowest BCUT2D eigenvalue weighted by Crippen LogP contribution is -2.49. The first-order valence-electron chi connectivity index (χ1n) is 14.4. The molecule has 1 aliphatic carbocycles. The molecular weight excluding hydrogens is 551 g/mol. The van der Waals surface area contributed by atoms with Crippen molar-refractivity contribution in [2.75, 3.05) is 42.5 Å². The molecule has 9 nitrogen and oxygen atoms in total. The first-order chi connectivity index (χ1) is 20.3. The maximum Gasteiger partial charge on any atom is 0.437 e. The van der Waals surface area contributed by atoms with Crippen molar-refractivity contribution in [2.24, 2.45) is 0 Å². The standard InChI is InChI=1S/C30H32F3N5O4/c31-30(32,33)27-26(42-28(35-27)38-13-5-7-21-6-1-4-10-23(21)38)24(39)18-20-11-12-25(34-19-20)36-14-16-37(17-15-36)29(40)41-22-8-2-3-9-22/h1,4,6,10-12,19,22H,2-3,5,7-9,13-18H2. The van der Waals surface area contributed by atoms with Crippen LogP contribution >= 0.6 is 0 Å². The van der Waals surface area contributed by atoms with E-state index in [4.69, 9.17) is 9.15 Å². The number of carbonyl (C=O) groups excluding carboxylic acids is 2. The Labute approximate surface area is 241 Å². The van der Waals surface area contributed by atoms with Gasteiger partial charge in [0.1, 0.15) is 11.9 Å². The quantitative estimate of drug-likeness (QED) is 0.337. The van der Waals surface area contributed by atoms with Gasteiger partial charge in [-0.2, -0.15) is 18.2 Å². The van der Waals surface area contributed by atoms with Crippen LogP contribution < -0.4 is 9.80 Å². The number of ether oxygens (including phenoxy) is 1. The van der Waals surface area contributed by atoms with Gasteiger partial charge < -0.3 is 19.0 Å². The number of para-hydroxylation sites is 1. The Bertz CT molecular complexity index is 1430. The van der Waals surface area contributed by atoms with E-state index in [0.29, 0.717) is 44.1 Å². The van der Waals surface area contributed by atoms with Gasteiger partial charge in [-0.05, 0) is 61.8 Å². The van der Waals surface area contributed by atoms with E-state index < -0.39 is 23.4 Å². The number of rotatable bonds is 6. The molecule has 0 radical (unpaired) electrons. The summed E-state index contributed by atoms with van der Waals surface area (Å²) in [5.41, 5.74) is 0.848. The second-order valence-electron chi connectivity index (χ2n) is 10.9. The highest BCUT2D eigenvalue weighted by molar-refractivity contribution is 5.96. The zero-order chi connectivity index (χ0) is 29.3. The summed E-state index contributed by atoms with van der Waals surface area (Å²) in [6, 6.07) is 10.6. The number of hydrogen-bond acceptors (Lipinski definition) is 8. The van der Waals surface area contributed by atoms with Crippen molar-refractivity contribution in [3.05, 3.63) is 65.2 Å². The molecule has 2 aliphatic heterocycles.